The summed E-state index contributed by atoms with van der Waals surface area (Å²) in [6.45, 7) is 1.96. The molecule has 0 saturated heterocycles. The summed E-state index contributed by atoms with van der Waals surface area (Å²) in [6.07, 6.45) is 5.51. The monoisotopic (exact) mass is 273 g/mol. The van der Waals surface area contributed by atoms with Gasteiger partial charge in [-0.15, -0.1) is 0 Å². The fourth-order valence-electron chi connectivity index (χ4n) is 2.07. The van der Waals surface area contributed by atoms with Crippen molar-refractivity contribution < 1.29 is 4.74 Å². The van der Waals surface area contributed by atoms with Crippen LogP contribution in [0, 0.1) is 6.92 Å². The molecule has 4 nitrogen and oxygen atoms in total. The van der Waals surface area contributed by atoms with E-state index < -0.39 is 0 Å². The minimum Gasteiger partial charge on any atom is -0.495 e. The lowest BCUT2D eigenvalue weighted by molar-refractivity contribution is 0.415. The molecule has 0 aliphatic carbocycles. The van der Waals surface area contributed by atoms with Gasteiger partial charge in [-0.05, 0) is 25.1 Å². The number of rotatable bonds is 2. The molecule has 0 aliphatic heterocycles. The van der Waals surface area contributed by atoms with E-state index in [0.29, 0.717) is 10.8 Å². The molecule has 19 heavy (non-hydrogen) atoms. The molecule has 2 heterocycles. The number of ether oxygens (including phenoxy) is 1. The van der Waals surface area contributed by atoms with Crippen LogP contribution >= 0.6 is 11.6 Å². The Morgan fingerprint density at radius 1 is 1.26 bits per heavy atom. The molecule has 5 heteroatoms. The van der Waals surface area contributed by atoms with Gasteiger partial charge in [-0.3, -0.25) is 4.98 Å². The molecular weight excluding hydrogens is 262 g/mol. The Morgan fingerprint density at radius 2 is 2.11 bits per heavy atom. The van der Waals surface area contributed by atoms with Gasteiger partial charge in [0.15, 0.2) is 0 Å². The second-order valence-electron chi connectivity index (χ2n) is 4.26. The average Bonchev–Trinajstić information content (AvgIpc) is 2.83. The van der Waals surface area contributed by atoms with E-state index in [4.69, 9.17) is 16.3 Å². The van der Waals surface area contributed by atoms with Gasteiger partial charge in [-0.1, -0.05) is 11.6 Å². The van der Waals surface area contributed by atoms with Gasteiger partial charge in [-0.25, -0.2) is 4.98 Å². The summed E-state index contributed by atoms with van der Waals surface area (Å²) in [4.78, 5) is 8.58. The molecule has 3 rings (SSSR count). The van der Waals surface area contributed by atoms with E-state index in [2.05, 4.69) is 9.97 Å². The number of benzene rings is 1. The zero-order valence-corrected chi connectivity index (χ0v) is 11.3. The quantitative estimate of drug-likeness (QED) is 0.718. The van der Waals surface area contributed by atoms with Gasteiger partial charge in [0.1, 0.15) is 5.75 Å². The van der Waals surface area contributed by atoms with E-state index in [1.165, 1.54) is 0 Å². The van der Waals surface area contributed by atoms with Crippen LogP contribution in [0.2, 0.25) is 5.02 Å². The van der Waals surface area contributed by atoms with Crippen LogP contribution in [0.3, 0.4) is 0 Å². The molecule has 0 amide bonds. The van der Waals surface area contributed by atoms with Gasteiger partial charge in [0, 0.05) is 17.8 Å². The van der Waals surface area contributed by atoms with Crippen LogP contribution < -0.4 is 4.74 Å². The van der Waals surface area contributed by atoms with E-state index >= 15 is 0 Å². The van der Waals surface area contributed by atoms with Gasteiger partial charge in [-0.2, -0.15) is 0 Å². The molecule has 0 aliphatic rings. The van der Waals surface area contributed by atoms with Crippen LogP contribution in [0.15, 0.2) is 36.9 Å². The highest BCUT2D eigenvalue weighted by molar-refractivity contribution is 6.32. The number of fused-ring (bicyclic) bond motifs is 1. The van der Waals surface area contributed by atoms with Crippen molar-refractivity contribution in [1.29, 1.82) is 0 Å². The van der Waals surface area contributed by atoms with Crippen LogP contribution in [0.25, 0.3) is 16.6 Å². The summed E-state index contributed by atoms with van der Waals surface area (Å²) in [5.74, 6) is 0.639. The minimum absolute atomic E-state index is 0.557. The van der Waals surface area contributed by atoms with Crippen LogP contribution in [0.5, 0.6) is 5.75 Å². The molecule has 0 atom stereocenters. The van der Waals surface area contributed by atoms with Crippen molar-refractivity contribution in [2.75, 3.05) is 7.11 Å². The molecule has 0 unspecified atom stereocenters. The van der Waals surface area contributed by atoms with Crippen molar-refractivity contribution >= 4 is 22.5 Å². The second-order valence-corrected chi connectivity index (χ2v) is 4.66. The predicted octanol–water partition coefficient (Wildman–Crippen LogP) is 3.39. The van der Waals surface area contributed by atoms with Gasteiger partial charge in [0.2, 0.25) is 0 Å². The number of pyridine rings is 1. The van der Waals surface area contributed by atoms with Gasteiger partial charge in [0.25, 0.3) is 0 Å². The third kappa shape index (κ3) is 2.04. The normalized spacial score (nSPS) is 10.9. The fraction of sp³-hybridized carbons (Fsp3) is 0.143. The molecular formula is C14H12ClN3O. The van der Waals surface area contributed by atoms with E-state index in [-0.39, 0.29) is 0 Å². The smallest absolute Gasteiger partial charge is 0.138 e. The zero-order valence-electron chi connectivity index (χ0n) is 10.6. The van der Waals surface area contributed by atoms with Crippen LogP contribution in [-0.4, -0.2) is 21.6 Å². The summed E-state index contributed by atoms with van der Waals surface area (Å²) in [7, 11) is 1.60. The van der Waals surface area contributed by atoms with Gasteiger partial charge < -0.3 is 9.30 Å². The molecule has 3 aromatic rings. The topological polar surface area (TPSA) is 39.9 Å². The highest BCUT2D eigenvalue weighted by atomic mass is 35.5. The number of aromatic nitrogens is 3. The highest BCUT2D eigenvalue weighted by Gasteiger charge is 2.09. The van der Waals surface area contributed by atoms with Crippen molar-refractivity contribution in [1.82, 2.24) is 14.5 Å². The number of hydrogen-bond donors (Lipinski definition) is 0. The standard InChI is InChI=1S/C14H12ClN3O/c1-9-7-18(8-17-9)13-3-4-16-12-6-11(15)14(19-2)5-10(12)13/h3-8H,1-2H3. The first kappa shape index (κ1) is 12.0. The maximum atomic E-state index is 6.12. The SMILES string of the molecule is COc1cc2c(-n3cnc(C)c3)ccnc2cc1Cl. The average molecular weight is 274 g/mol. The maximum absolute atomic E-state index is 6.12. The molecule has 0 N–H and O–H groups in total. The summed E-state index contributed by atoms with van der Waals surface area (Å²) < 4.78 is 7.23. The summed E-state index contributed by atoms with van der Waals surface area (Å²) >= 11 is 6.12. The van der Waals surface area contributed by atoms with Crippen molar-refractivity contribution in [3.05, 3.63) is 47.6 Å². The number of methoxy groups -OCH3 is 1. The molecule has 1 aromatic carbocycles. The lowest BCUT2D eigenvalue weighted by atomic mass is 10.1. The molecule has 0 saturated carbocycles. The fourth-order valence-corrected chi connectivity index (χ4v) is 2.30. The van der Waals surface area contributed by atoms with E-state index in [9.17, 15) is 0 Å². The third-order valence-corrected chi connectivity index (χ3v) is 3.28. The maximum Gasteiger partial charge on any atom is 0.138 e. The number of nitrogens with zero attached hydrogens (tertiary/aromatic N) is 3. The highest BCUT2D eigenvalue weighted by Crippen LogP contribution is 2.31. The van der Waals surface area contributed by atoms with Gasteiger partial charge >= 0.3 is 0 Å². The molecule has 2 aromatic heterocycles. The molecule has 0 bridgehead atoms. The van der Waals surface area contributed by atoms with E-state index in [1.807, 2.05) is 35.9 Å². The van der Waals surface area contributed by atoms with E-state index in [0.717, 1.165) is 22.3 Å². The first-order chi connectivity index (χ1) is 9.19. The van der Waals surface area contributed by atoms with Crippen molar-refractivity contribution in [3.8, 4) is 11.4 Å². The lowest BCUT2D eigenvalue weighted by Gasteiger charge is -2.09. The summed E-state index contributed by atoms with van der Waals surface area (Å²) in [5.41, 5.74) is 2.79. The van der Waals surface area contributed by atoms with Crippen LogP contribution in [-0.2, 0) is 0 Å². The largest absolute Gasteiger partial charge is 0.495 e. The number of hydrogen-bond acceptors (Lipinski definition) is 3. The minimum atomic E-state index is 0.557. The number of imidazole rings is 1. The lowest BCUT2D eigenvalue weighted by Crippen LogP contribution is -1.94. The van der Waals surface area contributed by atoms with Gasteiger partial charge in [0.05, 0.1) is 35.4 Å². The Kier molecular flexibility index (Phi) is 2.87. The van der Waals surface area contributed by atoms with E-state index in [1.54, 1.807) is 19.6 Å². The Labute approximate surface area is 115 Å². The molecule has 96 valence electrons. The predicted molar refractivity (Wildman–Crippen MR) is 75.2 cm³/mol. The third-order valence-electron chi connectivity index (χ3n) is 2.98. The molecule has 0 fully saturated rings. The Bertz CT molecular complexity index is 752. The van der Waals surface area contributed by atoms with Crippen molar-refractivity contribution in [3.63, 3.8) is 0 Å². The first-order valence-corrected chi connectivity index (χ1v) is 6.20. The number of aryl methyl sites for hydroxylation is 1. The van der Waals surface area contributed by atoms with Crippen molar-refractivity contribution in [2.24, 2.45) is 0 Å². The molecule has 0 radical (unpaired) electrons. The Balaban J connectivity index is 2.30. The second kappa shape index (κ2) is 4.55. The summed E-state index contributed by atoms with van der Waals surface area (Å²) in [5, 5.41) is 1.53. The number of halogens is 1. The van der Waals surface area contributed by atoms with Crippen molar-refractivity contribution in [2.45, 2.75) is 6.92 Å². The molecule has 0 spiro atoms. The van der Waals surface area contributed by atoms with Crippen LogP contribution in [0.4, 0.5) is 0 Å². The first-order valence-electron chi connectivity index (χ1n) is 5.82. The van der Waals surface area contributed by atoms with Crippen LogP contribution in [0.1, 0.15) is 5.69 Å². The Morgan fingerprint density at radius 3 is 2.79 bits per heavy atom. The zero-order chi connectivity index (χ0) is 13.4. The summed E-state index contributed by atoms with van der Waals surface area (Å²) in [6, 6.07) is 5.65. The Hall–Kier alpha value is -2.07.